The molecule has 1 aromatic carbocycles. The van der Waals surface area contributed by atoms with Crippen LogP contribution in [0.3, 0.4) is 0 Å². The molecule has 2 fully saturated rings. The highest BCUT2D eigenvalue weighted by Crippen LogP contribution is 2.29. The van der Waals surface area contributed by atoms with E-state index >= 15 is 0 Å². The van der Waals surface area contributed by atoms with Gasteiger partial charge in [0.1, 0.15) is 0 Å². The third kappa shape index (κ3) is 4.75. The van der Waals surface area contributed by atoms with E-state index in [0.29, 0.717) is 6.04 Å². The Balaban J connectivity index is 0.00000192. The minimum atomic E-state index is 0. The lowest BCUT2D eigenvalue weighted by Crippen LogP contribution is -2.40. The Bertz CT molecular complexity index is 540. The van der Waals surface area contributed by atoms with Crippen molar-refractivity contribution in [2.75, 3.05) is 25.0 Å². The van der Waals surface area contributed by atoms with Crippen molar-refractivity contribution in [3.63, 3.8) is 0 Å². The van der Waals surface area contributed by atoms with Gasteiger partial charge in [-0.1, -0.05) is 19.1 Å². The zero-order valence-corrected chi connectivity index (χ0v) is 16.7. The van der Waals surface area contributed by atoms with Crippen molar-refractivity contribution in [2.45, 2.75) is 45.2 Å². The maximum atomic E-state index is 4.35. The molecule has 1 heterocycles. The summed E-state index contributed by atoms with van der Waals surface area (Å²) in [5.74, 6) is 1.68. The van der Waals surface area contributed by atoms with Gasteiger partial charge in [0, 0.05) is 31.9 Å². The Morgan fingerprint density at radius 1 is 1.30 bits per heavy atom. The number of anilines is 1. The summed E-state index contributed by atoms with van der Waals surface area (Å²) >= 11 is 0. The van der Waals surface area contributed by atoms with Gasteiger partial charge in [0.25, 0.3) is 0 Å². The number of benzene rings is 1. The summed E-state index contributed by atoms with van der Waals surface area (Å²) in [5.41, 5.74) is 2.67. The molecule has 3 unspecified atom stereocenters. The molecule has 0 amide bonds. The third-order valence-electron chi connectivity index (χ3n) is 4.85. The summed E-state index contributed by atoms with van der Waals surface area (Å²) in [4.78, 5) is 6.83. The normalized spacial score (nSPS) is 24.8. The van der Waals surface area contributed by atoms with Gasteiger partial charge in [-0.15, -0.1) is 24.0 Å². The highest BCUT2D eigenvalue weighted by atomic mass is 127. The van der Waals surface area contributed by atoms with Crippen LogP contribution in [0, 0.1) is 5.92 Å². The lowest BCUT2D eigenvalue weighted by Gasteiger charge is -2.22. The van der Waals surface area contributed by atoms with Gasteiger partial charge in [-0.05, 0) is 49.8 Å². The third-order valence-corrected chi connectivity index (χ3v) is 4.85. The molecule has 4 nitrogen and oxygen atoms in total. The van der Waals surface area contributed by atoms with Crippen molar-refractivity contribution in [3.05, 3.63) is 29.8 Å². The van der Waals surface area contributed by atoms with E-state index in [9.17, 15) is 0 Å². The largest absolute Gasteiger partial charge is 0.372 e. The number of halogens is 1. The minimum absolute atomic E-state index is 0. The Morgan fingerprint density at radius 2 is 2.00 bits per heavy atom. The first-order valence-corrected chi connectivity index (χ1v) is 8.52. The second-order valence-corrected chi connectivity index (χ2v) is 6.69. The van der Waals surface area contributed by atoms with Gasteiger partial charge in [0.15, 0.2) is 5.96 Å². The van der Waals surface area contributed by atoms with Crippen LogP contribution in [0.15, 0.2) is 29.3 Å². The fourth-order valence-electron chi connectivity index (χ4n) is 3.12. The molecule has 3 rings (SSSR count). The monoisotopic (exact) mass is 428 g/mol. The molecule has 1 aromatic rings. The molecule has 0 bridgehead atoms. The number of aliphatic imine (C=N–C) groups is 1. The molecule has 5 heteroatoms. The zero-order chi connectivity index (χ0) is 15.5. The van der Waals surface area contributed by atoms with E-state index in [-0.39, 0.29) is 30.0 Å². The van der Waals surface area contributed by atoms with Crippen molar-refractivity contribution >= 4 is 35.6 Å². The predicted molar refractivity (Wildman–Crippen MR) is 109 cm³/mol. The lowest BCUT2D eigenvalue weighted by molar-refractivity contribution is 0.676. The molecule has 0 radical (unpaired) electrons. The van der Waals surface area contributed by atoms with E-state index in [1.54, 1.807) is 0 Å². The second kappa shape index (κ2) is 8.22. The van der Waals surface area contributed by atoms with Crippen LogP contribution in [-0.2, 0) is 0 Å². The van der Waals surface area contributed by atoms with Crippen LogP contribution in [0.2, 0.25) is 0 Å². The highest BCUT2D eigenvalue weighted by molar-refractivity contribution is 14.0. The van der Waals surface area contributed by atoms with Crippen LogP contribution < -0.4 is 15.5 Å². The van der Waals surface area contributed by atoms with Gasteiger partial charge in [0.05, 0.1) is 6.04 Å². The number of nitrogens with zero attached hydrogens (tertiary/aromatic N) is 2. The summed E-state index contributed by atoms with van der Waals surface area (Å²) in [6, 6.07) is 9.75. The molecule has 2 aliphatic rings. The first-order valence-electron chi connectivity index (χ1n) is 8.52. The van der Waals surface area contributed by atoms with Crippen LogP contribution in [0.25, 0.3) is 0 Å². The van der Waals surface area contributed by atoms with E-state index in [4.69, 9.17) is 0 Å². The van der Waals surface area contributed by atoms with E-state index in [0.717, 1.165) is 11.9 Å². The quantitative estimate of drug-likeness (QED) is 0.438. The zero-order valence-electron chi connectivity index (χ0n) is 14.4. The van der Waals surface area contributed by atoms with Gasteiger partial charge in [-0.25, -0.2) is 0 Å². The van der Waals surface area contributed by atoms with Crippen molar-refractivity contribution < 1.29 is 0 Å². The van der Waals surface area contributed by atoms with Gasteiger partial charge < -0.3 is 15.5 Å². The Hall–Kier alpha value is -0.980. The van der Waals surface area contributed by atoms with Crippen molar-refractivity contribution in [3.8, 4) is 0 Å². The van der Waals surface area contributed by atoms with Crippen LogP contribution in [0.4, 0.5) is 5.69 Å². The molecular weight excluding hydrogens is 399 g/mol. The van der Waals surface area contributed by atoms with Crippen LogP contribution in [0.1, 0.15) is 44.7 Å². The molecule has 23 heavy (non-hydrogen) atoms. The molecule has 1 aliphatic heterocycles. The fraction of sp³-hybridized carbons (Fsp3) is 0.611. The number of guanidine groups is 1. The summed E-state index contributed by atoms with van der Waals surface area (Å²) < 4.78 is 0. The molecule has 1 aliphatic carbocycles. The molecular formula is C18H29IN4. The standard InChI is InChI=1S/C18H28N4.HI/c1-13-11-17(13)21-18(19-3)20-14(2)15-7-6-8-16(12-15)22-9-4-5-10-22;/h6-8,12-14,17H,4-5,9-11H2,1-3H3,(H2,19,20,21);1H. The topological polar surface area (TPSA) is 39.7 Å². The van der Waals surface area contributed by atoms with E-state index in [1.807, 2.05) is 7.05 Å². The van der Waals surface area contributed by atoms with Crippen molar-refractivity contribution in [2.24, 2.45) is 10.9 Å². The molecule has 2 N–H and O–H groups in total. The van der Waals surface area contributed by atoms with E-state index < -0.39 is 0 Å². The summed E-state index contributed by atoms with van der Waals surface area (Å²) in [6.45, 7) is 6.85. The summed E-state index contributed by atoms with van der Waals surface area (Å²) in [7, 11) is 1.84. The molecule has 1 saturated heterocycles. The predicted octanol–water partition coefficient (Wildman–Crippen LogP) is 3.54. The number of rotatable bonds is 4. The summed E-state index contributed by atoms with van der Waals surface area (Å²) in [6.07, 6.45) is 3.88. The Labute approximate surface area is 157 Å². The summed E-state index contributed by atoms with van der Waals surface area (Å²) in [5, 5.41) is 7.00. The Kier molecular flexibility index (Phi) is 6.56. The second-order valence-electron chi connectivity index (χ2n) is 6.69. The number of nitrogens with one attached hydrogen (secondary N) is 2. The van der Waals surface area contributed by atoms with Crippen LogP contribution in [0.5, 0.6) is 0 Å². The average molecular weight is 428 g/mol. The fourth-order valence-corrected chi connectivity index (χ4v) is 3.12. The average Bonchev–Trinajstić information content (AvgIpc) is 3.02. The van der Waals surface area contributed by atoms with Crippen LogP contribution >= 0.6 is 24.0 Å². The van der Waals surface area contributed by atoms with Gasteiger partial charge in [-0.3, -0.25) is 4.99 Å². The molecule has 128 valence electrons. The van der Waals surface area contributed by atoms with Crippen molar-refractivity contribution in [1.29, 1.82) is 0 Å². The molecule has 0 spiro atoms. The minimum Gasteiger partial charge on any atom is -0.372 e. The van der Waals surface area contributed by atoms with E-state index in [2.05, 4.69) is 58.6 Å². The van der Waals surface area contributed by atoms with Crippen LogP contribution in [-0.4, -0.2) is 32.1 Å². The molecule has 1 saturated carbocycles. The van der Waals surface area contributed by atoms with Gasteiger partial charge >= 0.3 is 0 Å². The molecule has 3 atom stereocenters. The maximum absolute atomic E-state index is 4.35. The molecule has 0 aromatic heterocycles. The number of hydrogen-bond acceptors (Lipinski definition) is 2. The first kappa shape index (κ1) is 18.4. The lowest BCUT2D eigenvalue weighted by atomic mass is 10.1. The first-order chi connectivity index (χ1) is 10.7. The van der Waals surface area contributed by atoms with Crippen molar-refractivity contribution in [1.82, 2.24) is 10.6 Å². The smallest absolute Gasteiger partial charge is 0.191 e. The van der Waals surface area contributed by atoms with E-state index in [1.165, 1.54) is 43.6 Å². The highest BCUT2D eigenvalue weighted by Gasteiger charge is 2.33. The van der Waals surface area contributed by atoms with Gasteiger partial charge in [-0.2, -0.15) is 0 Å². The maximum Gasteiger partial charge on any atom is 0.191 e. The SMILES string of the molecule is CN=C(NC(C)c1cccc(N2CCCC2)c1)NC1CC1C.I. The van der Waals surface area contributed by atoms with Gasteiger partial charge in [0.2, 0.25) is 0 Å². The Morgan fingerprint density at radius 3 is 2.61 bits per heavy atom. The number of hydrogen-bond donors (Lipinski definition) is 2.